The van der Waals surface area contributed by atoms with E-state index in [0.29, 0.717) is 5.69 Å². The highest BCUT2D eigenvalue weighted by Crippen LogP contribution is 2.41. The third-order valence-corrected chi connectivity index (χ3v) is 4.94. The molecule has 19 heavy (non-hydrogen) atoms. The Labute approximate surface area is 131 Å². The molecule has 0 aliphatic rings. The van der Waals surface area contributed by atoms with Crippen LogP contribution < -0.4 is 11.1 Å². The van der Waals surface area contributed by atoms with Gasteiger partial charge in [-0.2, -0.15) is 0 Å². The van der Waals surface area contributed by atoms with Crippen molar-refractivity contribution >= 4 is 49.1 Å². The van der Waals surface area contributed by atoms with Crippen LogP contribution in [-0.4, -0.2) is 5.91 Å². The number of hydrogen-bond donors (Lipinski definition) is 2. The number of hydrogen-bond acceptors (Lipinski definition) is 2. The Kier molecular flexibility index (Phi) is 5.07. The lowest BCUT2D eigenvalue weighted by Gasteiger charge is -2.23. The summed E-state index contributed by atoms with van der Waals surface area (Å²) < 4.78 is 1.66. The van der Waals surface area contributed by atoms with Gasteiger partial charge in [-0.15, -0.1) is 0 Å². The van der Waals surface area contributed by atoms with Crippen LogP contribution in [0.3, 0.4) is 0 Å². The first-order chi connectivity index (χ1) is 8.61. The van der Waals surface area contributed by atoms with Crippen molar-refractivity contribution in [2.45, 2.75) is 41.0 Å². The second kappa shape index (κ2) is 5.83. The Morgan fingerprint density at radius 2 is 1.79 bits per heavy atom. The fraction of sp³-hybridized carbons (Fsp3) is 0.500. The number of nitrogens with one attached hydrogen (secondary N) is 1. The lowest BCUT2D eigenvalue weighted by molar-refractivity contribution is -0.123. The standard InChI is InChI=1S/C14H20Br2N2O/c1-6-8-10(16)11(17)9(15)7(2)12(8)18-13(19)14(3,4)5/h6,17H2,1-5H3,(H,18,19). The van der Waals surface area contributed by atoms with Crippen LogP contribution in [0.5, 0.6) is 0 Å². The van der Waals surface area contributed by atoms with Gasteiger partial charge in [0.15, 0.2) is 0 Å². The number of carbonyl (C=O) groups excluding carboxylic acids is 1. The highest BCUT2D eigenvalue weighted by molar-refractivity contribution is 9.11. The molecule has 3 N–H and O–H groups in total. The Morgan fingerprint density at radius 3 is 2.21 bits per heavy atom. The summed E-state index contributed by atoms with van der Waals surface area (Å²) in [6, 6.07) is 0. The average Bonchev–Trinajstić information content (AvgIpc) is 2.32. The van der Waals surface area contributed by atoms with Crippen LogP contribution in [0.2, 0.25) is 0 Å². The molecule has 0 saturated carbocycles. The lowest BCUT2D eigenvalue weighted by Crippen LogP contribution is -2.28. The zero-order valence-electron chi connectivity index (χ0n) is 11.9. The van der Waals surface area contributed by atoms with Crippen molar-refractivity contribution in [3.05, 3.63) is 20.1 Å². The number of amides is 1. The second-order valence-corrected chi connectivity index (χ2v) is 7.16. The van der Waals surface area contributed by atoms with E-state index < -0.39 is 5.41 Å². The summed E-state index contributed by atoms with van der Waals surface area (Å²) in [7, 11) is 0. The number of carbonyl (C=O) groups is 1. The predicted octanol–water partition coefficient (Wildman–Crippen LogP) is 4.65. The van der Waals surface area contributed by atoms with Gasteiger partial charge in [-0.3, -0.25) is 4.79 Å². The average molecular weight is 392 g/mol. The van der Waals surface area contributed by atoms with E-state index in [-0.39, 0.29) is 5.91 Å². The van der Waals surface area contributed by atoms with Gasteiger partial charge in [0.05, 0.1) is 5.69 Å². The largest absolute Gasteiger partial charge is 0.397 e. The summed E-state index contributed by atoms with van der Waals surface area (Å²) in [4.78, 5) is 12.2. The van der Waals surface area contributed by atoms with Crippen molar-refractivity contribution in [3.63, 3.8) is 0 Å². The molecule has 1 rings (SSSR count). The molecule has 0 fully saturated rings. The van der Waals surface area contributed by atoms with Crippen LogP contribution >= 0.6 is 31.9 Å². The molecule has 0 bridgehead atoms. The van der Waals surface area contributed by atoms with Crippen LogP contribution in [0.15, 0.2) is 8.95 Å². The van der Waals surface area contributed by atoms with Gasteiger partial charge in [0.2, 0.25) is 5.91 Å². The van der Waals surface area contributed by atoms with E-state index in [2.05, 4.69) is 37.2 Å². The molecule has 106 valence electrons. The highest BCUT2D eigenvalue weighted by atomic mass is 79.9. The van der Waals surface area contributed by atoms with Crippen molar-refractivity contribution in [2.24, 2.45) is 5.41 Å². The van der Waals surface area contributed by atoms with Gasteiger partial charge >= 0.3 is 0 Å². The summed E-state index contributed by atoms with van der Waals surface area (Å²) >= 11 is 6.99. The molecule has 1 aromatic carbocycles. The number of rotatable bonds is 2. The molecule has 0 atom stereocenters. The SMILES string of the molecule is CCc1c(Br)c(N)c(Br)c(C)c1NC(=O)C(C)(C)C. The van der Waals surface area contributed by atoms with Gasteiger partial charge in [-0.1, -0.05) is 27.7 Å². The van der Waals surface area contributed by atoms with Gasteiger partial charge in [0, 0.05) is 20.0 Å². The van der Waals surface area contributed by atoms with E-state index in [1.165, 1.54) is 0 Å². The number of nitrogen functional groups attached to an aromatic ring is 1. The van der Waals surface area contributed by atoms with E-state index in [1.54, 1.807) is 0 Å². The van der Waals surface area contributed by atoms with Crippen molar-refractivity contribution in [2.75, 3.05) is 11.1 Å². The van der Waals surface area contributed by atoms with Crippen LogP contribution in [0.1, 0.15) is 38.8 Å². The number of nitrogens with two attached hydrogens (primary N) is 1. The fourth-order valence-corrected chi connectivity index (χ4v) is 3.05. The third kappa shape index (κ3) is 3.31. The molecule has 0 aromatic heterocycles. The quantitative estimate of drug-likeness (QED) is 0.721. The van der Waals surface area contributed by atoms with Gasteiger partial charge in [0.1, 0.15) is 0 Å². The van der Waals surface area contributed by atoms with Gasteiger partial charge in [0.25, 0.3) is 0 Å². The van der Waals surface area contributed by atoms with Crippen LogP contribution in [0.25, 0.3) is 0 Å². The van der Waals surface area contributed by atoms with Crippen LogP contribution in [-0.2, 0) is 11.2 Å². The molecule has 0 aliphatic heterocycles. The molecule has 1 aromatic rings. The smallest absolute Gasteiger partial charge is 0.229 e. The van der Waals surface area contributed by atoms with E-state index >= 15 is 0 Å². The minimum atomic E-state index is -0.433. The first-order valence-electron chi connectivity index (χ1n) is 6.18. The van der Waals surface area contributed by atoms with Crippen molar-refractivity contribution in [1.29, 1.82) is 0 Å². The molecule has 0 radical (unpaired) electrons. The van der Waals surface area contributed by atoms with Gasteiger partial charge in [-0.05, 0) is 56.3 Å². The zero-order valence-corrected chi connectivity index (χ0v) is 15.1. The summed E-state index contributed by atoms with van der Waals surface area (Å²) in [5, 5.41) is 3.02. The molecule has 0 saturated heterocycles. The monoisotopic (exact) mass is 390 g/mol. The van der Waals surface area contributed by atoms with Crippen molar-refractivity contribution in [1.82, 2.24) is 0 Å². The van der Waals surface area contributed by atoms with E-state index in [4.69, 9.17) is 5.73 Å². The van der Waals surface area contributed by atoms with E-state index in [9.17, 15) is 4.79 Å². The van der Waals surface area contributed by atoms with Gasteiger partial charge < -0.3 is 11.1 Å². The normalized spacial score (nSPS) is 11.5. The topological polar surface area (TPSA) is 55.1 Å². The second-order valence-electron chi connectivity index (χ2n) is 5.58. The highest BCUT2D eigenvalue weighted by Gasteiger charge is 2.24. The summed E-state index contributed by atoms with van der Waals surface area (Å²) in [6.07, 6.45) is 0.790. The number of halogens is 2. The minimum absolute atomic E-state index is 0.00567. The molecule has 3 nitrogen and oxygen atoms in total. The molecular weight excluding hydrogens is 372 g/mol. The van der Waals surface area contributed by atoms with Crippen molar-refractivity contribution < 1.29 is 4.79 Å². The predicted molar refractivity (Wildman–Crippen MR) is 88.5 cm³/mol. The van der Waals surface area contributed by atoms with E-state index in [0.717, 1.165) is 32.2 Å². The maximum atomic E-state index is 12.2. The lowest BCUT2D eigenvalue weighted by atomic mass is 9.94. The molecule has 5 heteroatoms. The van der Waals surface area contributed by atoms with Crippen LogP contribution in [0.4, 0.5) is 11.4 Å². The minimum Gasteiger partial charge on any atom is -0.397 e. The summed E-state index contributed by atoms with van der Waals surface area (Å²) in [5.41, 5.74) is 9.10. The Morgan fingerprint density at radius 1 is 1.26 bits per heavy atom. The molecule has 0 aliphatic carbocycles. The summed E-state index contributed by atoms with van der Waals surface area (Å²) in [6.45, 7) is 9.67. The fourth-order valence-electron chi connectivity index (χ4n) is 1.71. The molecule has 0 unspecified atom stereocenters. The molecule has 0 spiro atoms. The maximum Gasteiger partial charge on any atom is 0.229 e. The maximum absolute atomic E-state index is 12.2. The summed E-state index contributed by atoms with van der Waals surface area (Å²) in [5.74, 6) is -0.00567. The Bertz CT molecular complexity index is 519. The van der Waals surface area contributed by atoms with Crippen molar-refractivity contribution in [3.8, 4) is 0 Å². The molecule has 0 heterocycles. The first-order valence-corrected chi connectivity index (χ1v) is 7.77. The number of anilines is 2. The third-order valence-electron chi connectivity index (χ3n) is 3.02. The Hall–Kier alpha value is -0.550. The van der Waals surface area contributed by atoms with Gasteiger partial charge in [-0.25, -0.2) is 0 Å². The molecule has 1 amide bonds. The van der Waals surface area contributed by atoms with E-state index in [1.807, 2.05) is 34.6 Å². The zero-order chi connectivity index (χ0) is 15.0. The molecular formula is C14H20Br2N2O. The van der Waals surface area contributed by atoms with Crippen LogP contribution in [0, 0.1) is 12.3 Å². The first kappa shape index (κ1) is 16.5. The number of benzene rings is 1. The Balaban J connectivity index is 3.39.